The van der Waals surface area contributed by atoms with Crippen molar-refractivity contribution >= 4 is 63.8 Å². The Bertz CT molecular complexity index is 9.61. The molecule has 0 aromatic carbocycles. The van der Waals surface area contributed by atoms with Gasteiger partial charge >= 0.3 is 0 Å². The van der Waals surface area contributed by atoms with E-state index in [4.69, 9.17) is 5.11 Å². The Morgan fingerprint density at radius 3 is 1.40 bits per heavy atom. The van der Waals surface area contributed by atoms with Gasteiger partial charge in [-0.1, -0.05) is 0 Å². The Kier molecular flexibility index (Phi) is 51.2. The van der Waals surface area contributed by atoms with Crippen molar-refractivity contribution in [3.8, 4) is 0 Å². The van der Waals surface area contributed by atoms with Crippen molar-refractivity contribution in [2.24, 2.45) is 0 Å². The summed E-state index contributed by atoms with van der Waals surface area (Å²) in [6, 6.07) is 0. The van der Waals surface area contributed by atoms with Gasteiger partial charge in [0.1, 0.15) is 0 Å². The number of rotatable bonds is 0. The van der Waals surface area contributed by atoms with Gasteiger partial charge in [0.25, 0.3) is 0 Å². The van der Waals surface area contributed by atoms with Gasteiger partial charge in [0.2, 0.25) is 0 Å². The zero-order valence-corrected chi connectivity index (χ0v) is 11.7. The zero-order valence-electron chi connectivity index (χ0n) is 2.73. The van der Waals surface area contributed by atoms with Gasteiger partial charge in [-0.3, -0.25) is 0 Å². The molecule has 0 spiro atoms. The Labute approximate surface area is 74.4 Å². The fourth-order valence-electron chi connectivity index (χ4n) is 0. The van der Waals surface area contributed by atoms with E-state index in [1.165, 1.54) is 0 Å². The number of hydrogen-bond acceptors (Lipinski definition) is 1. The van der Waals surface area contributed by atoms with Crippen LogP contribution in [0.2, 0.25) is 0 Å². The monoisotopic (exact) mass is 480 g/mol. The third kappa shape index (κ3) is 22.4. The Morgan fingerprint density at radius 2 is 1.40 bits per heavy atom. The second kappa shape index (κ2) is 16.3. The van der Waals surface area contributed by atoms with Crippen molar-refractivity contribution in [2.75, 3.05) is 6.35 Å². The summed E-state index contributed by atoms with van der Waals surface area (Å²) in [6.07, 6.45) is 0.167. The number of aliphatic hydroxyl groups excluding tert-OH is 1. The van der Waals surface area contributed by atoms with Crippen LogP contribution in [0, 0.1) is 0 Å². The quantitative estimate of drug-likeness (QED) is 0.352. The minimum atomic E-state index is 0. The van der Waals surface area contributed by atoms with E-state index in [9.17, 15) is 0 Å². The molecule has 0 saturated carbocycles. The molecular formula is CH5OPPb2. The van der Waals surface area contributed by atoms with E-state index < -0.39 is 0 Å². The van der Waals surface area contributed by atoms with Crippen molar-refractivity contribution in [3.05, 3.63) is 0 Å². The topological polar surface area (TPSA) is 20.2 Å². The molecule has 0 bridgehead atoms. The van der Waals surface area contributed by atoms with Crippen LogP contribution in [-0.4, -0.2) is 66.1 Å². The molecule has 0 aliphatic rings. The van der Waals surface area contributed by atoms with Crippen LogP contribution in [0.5, 0.6) is 0 Å². The van der Waals surface area contributed by atoms with Gasteiger partial charge in [0.15, 0.2) is 0 Å². The van der Waals surface area contributed by atoms with Gasteiger partial charge in [-0.25, -0.2) is 0 Å². The van der Waals surface area contributed by atoms with Gasteiger partial charge < -0.3 is 5.11 Å². The number of hydrogen-bond donors (Lipinski definition) is 1. The Morgan fingerprint density at radius 1 is 1.40 bits per heavy atom. The third-order valence-corrected chi connectivity index (χ3v) is 0. The maximum Gasteiger partial charge on any atom is 0.0567 e. The molecule has 0 aliphatic heterocycles. The van der Waals surface area contributed by atoms with Crippen LogP contribution in [0.1, 0.15) is 0 Å². The van der Waals surface area contributed by atoms with E-state index >= 15 is 0 Å². The van der Waals surface area contributed by atoms with Gasteiger partial charge in [0.05, 0.1) is 6.35 Å². The van der Waals surface area contributed by atoms with E-state index in [2.05, 4.69) is 9.24 Å². The summed E-state index contributed by atoms with van der Waals surface area (Å²) in [5, 5.41) is 7.53. The molecule has 1 N–H and O–H groups in total. The minimum Gasteiger partial charge on any atom is -0.392 e. The van der Waals surface area contributed by atoms with Gasteiger partial charge in [-0.15, -0.1) is 9.24 Å². The Balaban J connectivity index is -0.0000000200. The zero-order chi connectivity index (χ0) is 2.71. The largest absolute Gasteiger partial charge is 0.392 e. The molecule has 0 aromatic heterocycles. The maximum atomic E-state index is 7.53. The summed E-state index contributed by atoms with van der Waals surface area (Å²) in [7, 11) is 2.13. The van der Waals surface area contributed by atoms with Gasteiger partial charge in [-0.05, 0) is 0 Å². The van der Waals surface area contributed by atoms with Crippen LogP contribution in [0.3, 0.4) is 0 Å². The minimum absolute atomic E-state index is 0. The molecule has 0 rings (SSSR count). The summed E-state index contributed by atoms with van der Waals surface area (Å²) in [4.78, 5) is 0. The molecule has 0 heterocycles. The normalized spacial score (nSPS) is 3.60. The molecule has 28 valence electrons. The molecule has 1 atom stereocenters. The smallest absolute Gasteiger partial charge is 0.0567 e. The predicted octanol–water partition coefficient (Wildman–Crippen LogP) is -0.950. The maximum absolute atomic E-state index is 7.53. The third-order valence-electron chi connectivity index (χ3n) is 0. The summed E-state index contributed by atoms with van der Waals surface area (Å²) in [6.45, 7) is 0. The molecular weight excluding hydrogens is 473 g/mol. The van der Waals surface area contributed by atoms with E-state index in [-0.39, 0.29) is 60.9 Å². The molecule has 4 heteroatoms. The van der Waals surface area contributed by atoms with Crippen LogP contribution in [-0.2, 0) is 0 Å². The van der Waals surface area contributed by atoms with E-state index in [1.807, 2.05) is 0 Å². The van der Waals surface area contributed by atoms with Crippen molar-refractivity contribution in [3.63, 3.8) is 0 Å². The van der Waals surface area contributed by atoms with E-state index in [0.29, 0.717) is 0 Å². The van der Waals surface area contributed by atoms with Crippen molar-refractivity contribution in [1.29, 1.82) is 0 Å². The average Bonchev–Trinajstić information content (AvgIpc) is 0.918. The molecule has 0 aliphatic carbocycles. The van der Waals surface area contributed by atoms with Crippen molar-refractivity contribution < 1.29 is 5.11 Å². The SMILES string of the molecule is OCP.[Pb].[Pb]. The molecule has 1 nitrogen and oxygen atoms in total. The molecule has 1 unspecified atom stereocenters. The summed E-state index contributed by atoms with van der Waals surface area (Å²) >= 11 is 0. The van der Waals surface area contributed by atoms with Crippen LogP contribution in [0.4, 0.5) is 0 Å². The molecule has 0 aromatic rings. The van der Waals surface area contributed by atoms with E-state index in [1.54, 1.807) is 0 Å². The van der Waals surface area contributed by atoms with Gasteiger partial charge in [-0.2, -0.15) is 0 Å². The standard InChI is InChI=1S/CH5OP.2Pb/c2-1-3;;/h2H,1,3H2;;. The number of aliphatic hydroxyl groups is 1. The molecule has 5 heavy (non-hydrogen) atoms. The summed E-state index contributed by atoms with van der Waals surface area (Å²) in [5.74, 6) is 0. The fraction of sp³-hybridized carbons (Fsp3) is 1.00. The molecule has 0 amide bonds. The fourth-order valence-corrected chi connectivity index (χ4v) is 0. The van der Waals surface area contributed by atoms with Crippen molar-refractivity contribution in [1.82, 2.24) is 0 Å². The van der Waals surface area contributed by atoms with Crippen LogP contribution >= 0.6 is 9.24 Å². The van der Waals surface area contributed by atoms with Gasteiger partial charge in [0, 0.05) is 54.6 Å². The molecule has 8 radical (unpaired) electrons. The summed E-state index contributed by atoms with van der Waals surface area (Å²) in [5.41, 5.74) is 0. The van der Waals surface area contributed by atoms with Crippen molar-refractivity contribution in [2.45, 2.75) is 0 Å². The summed E-state index contributed by atoms with van der Waals surface area (Å²) < 4.78 is 0. The first-order valence-electron chi connectivity index (χ1n) is 0.724. The second-order valence-corrected chi connectivity index (χ2v) is 0.548. The molecule has 0 saturated heterocycles. The second-order valence-electron chi connectivity index (χ2n) is 0.183. The molecule has 0 fully saturated rings. The van der Waals surface area contributed by atoms with E-state index in [0.717, 1.165) is 0 Å². The first-order valence-corrected chi connectivity index (χ1v) is 1.54. The average molecular weight is 478 g/mol. The van der Waals surface area contributed by atoms with Crippen LogP contribution in [0.15, 0.2) is 0 Å². The predicted molar refractivity (Wildman–Crippen MR) is 28.3 cm³/mol. The Hall–Kier alpha value is 2.23. The first-order chi connectivity index (χ1) is 1.41. The van der Waals surface area contributed by atoms with Crippen LogP contribution in [0.25, 0.3) is 0 Å². The van der Waals surface area contributed by atoms with Crippen LogP contribution < -0.4 is 0 Å². The first kappa shape index (κ1) is 15.7.